The zero-order chi connectivity index (χ0) is 15.8. The van der Waals surface area contributed by atoms with Gasteiger partial charge in [0.15, 0.2) is 5.78 Å². The normalized spacial score (nSPS) is 12.0. The van der Waals surface area contributed by atoms with Gasteiger partial charge in [0.25, 0.3) is 0 Å². The number of esters is 1. The van der Waals surface area contributed by atoms with Gasteiger partial charge in [-0.2, -0.15) is 0 Å². The summed E-state index contributed by atoms with van der Waals surface area (Å²) in [6, 6.07) is 8.25. The van der Waals surface area contributed by atoms with Gasteiger partial charge in [0.2, 0.25) is 11.9 Å². The summed E-state index contributed by atoms with van der Waals surface area (Å²) >= 11 is 0. The summed E-state index contributed by atoms with van der Waals surface area (Å²) in [5.41, 5.74) is 0.302. The lowest BCUT2D eigenvalue weighted by Gasteiger charge is -2.14. The lowest BCUT2D eigenvalue weighted by molar-refractivity contribution is -0.136. The van der Waals surface area contributed by atoms with Gasteiger partial charge in [-0.05, 0) is 12.1 Å². The highest BCUT2D eigenvalue weighted by atomic mass is 16.5. The average Bonchev–Trinajstić information content (AvgIpc) is 2.50. The van der Waals surface area contributed by atoms with Crippen LogP contribution in [0.2, 0.25) is 0 Å². The molecule has 1 aromatic carbocycles. The van der Waals surface area contributed by atoms with E-state index in [1.54, 1.807) is 56.3 Å². The highest BCUT2D eigenvalue weighted by Crippen LogP contribution is 2.08. The first kappa shape index (κ1) is 16.6. The molecular weight excluding hydrogens is 270 g/mol. The number of Topliss-reactive ketones (excluding diaryl/α,β-unsaturated/α-hetero) is 1. The fourth-order valence-electron chi connectivity index (χ4n) is 1.53. The van der Waals surface area contributed by atoms with Crippen molar-refractivity contribution in [3.05, 3.63) is 48.2 Å². The number of benzene rings is 1. The van der Waals surface area contributed by atoms with Gasteiger partial charge in [-0.25, -0.2) is 4.79 Å². The SMILES string of the molecule is CCC(=O)C(OC(=O)c1ccccc1)C(=O)C=CN(C)C. The van der Waals surface area contributed by atoms with E-state index in [4.69, 9.17) is 4.74 Å². The maximum Gasteiger partial charge on any atom is 0.339 e. The summed E-state index contributed by atoms with van der Waals surface area (Å²) in [5, 5.41) is 0. The molecule has 0 saturated heterocycles. The largest absolute Gasteiger partial charge is 0.442 e. The van der Waals surface area contributed by atoms with Crippen LogP contribution in [0.4, 0.5) is 0 Å². The molecule has 0 fully saturated rings. The molecule has 5 heteroatoms. The molecule has 1 aromatic rings. The first-order valence-corrected chi connectivity index (χ1v) is 6.63. The Morgan fingerprint density at radius 1 is 1.19 bits per heavy atom. The Hall–Kier alpha value is -2.43. The average molecular weight is 289 g/mol. The van der Waals surface area contributed by atoms with Gasteiger partial charge in [-0.15, -0.1) is 0 Å². The second kappa shape index (κ2) is 7.99. The topological polar surface area (TPSA) is 63.7 Å². The van der Waals surface area contributed by atoms with E-state index in [-0.39, 0.29) is 6.42 Å². The second-order valence-corrected chi connectivity index (χ2v) is 4.65. The Morgan fingerprint density at radius 3 is 2.33 bits per heavy atom. The highest BCUT2D eigenvalue weighted by molar-refractivity contribution is 6.11. The molecular formula is C16H19NO4. The summed E-state index contributed by atoms with van der Waals surface area (Å²) < 4.78 is 5.08. The molecule has 0 bridgehead atoms. The highest BCUT2D eigenvalue weighted by Gasteiger charge is 2.27. The van der Waals surface area contributed by atoms with Gasteiger partial charge in [-0.1, -0.05) is 25.1 Å². The number of ether oxygens (including phenoxy) is 1. The predicted octanol–water partition coefficient (Wildman–Crippen LogP) is 1.84. The van der Waals surface area contributed by atoms with E-state index in [1.807, 2.05) is 0 Å². The Kier molecular flexibility index (Phi) is 6.33. The van der Waals surface area contributed by atoms with Crippen molar-refractivity contribution < 1.29 is 19.1 Å². The van der Waals surface area contributed by atoms with E-state index >= 15 is 0 Å². The number of carbonyl (C=O) groups is 3. The summed E-state index contributed by atoms with van der Waals surface area (Å²) in [6.45, 7) is 1.62. The number of nitrogens with zero attached hydrogens (tertiary/aromatic N) is 1. The minimum absolute atomic E-state index is 0.119. The maximum absolute atomic E-state index is 12.0. The molecule has 0 aliphatic rings. The summed E-state index contributed by atoms with van der Waals surface area (Å²) in [7, 11) is 3.49. The lowest BCUT2D eigenvalue weighted by atomic mass is 10.1. The van der Waals surface area contributed by atoms with Crippen LogP contribution < -0.4 is 0 Å². The maximum atomic E-state index is 12.0. The molecule has 0 aliphatic heterocycles. The van der Waals surface area contributed by atoms with Crippen molar-refractivity contribution in [2.24, 2.45) is 0 Å². The van der Waals surface area contributed by atoms with Crippen LogP contribution in [0, 0.1) is 0 Å². The molecule has 21 heavy (non-hydrogen) atoms. The Bertz CT molecular complexity index is 534. The smallest absolute Gasteiger partial charge is 0.339 e. The van der Waals surface area contributed by atoms with Crippen molar-refractivity contribution in [1.29, 1.82) is 0 Å². The van der Waals surface area contributed by atoms with Crippen molar-refractivity contribution in [2.45, 2.75) is 19.4 Å². The van der Waals surface area contributed by atoms with Crippen molar-refractivity contribution in [1.82, 2.24) is 4.90 Å². The number of rotatable bonds is 7. The Balaban J connectivity index is 2.87. The van der Waals surface area contributed by atoms with Crippen LogP contribution in [-0.2, 0) is 14.3 Å². The van der Waals surface area contributed by atoms with Crippen LogP contribution in [-0.4, -0.2) is 42.6 Å². The molecule has 0 saturated carbocycles. The van der Waals surface area contributed by atoms with E-state index in [1.165, 1.54) is 12.3 Å². The molecule has 0 heterocycles. The summed E-state index contributed by atoms with van der Waals surface area (Å²) in [5.74, 6) is -1.65. The third-order valence-corrected chi connectivity index (χ3v) is 2.67. The first-order chi connectivity index (χ1) is 9.95. The van der Waals surface area contributed by atoms with Crippen LogP contribution in [0.3, 0.4) is 0 Å². The zero-order valence-electron chi connectivity index (χ0n) is 12.4. The number of carbonyl (C=O) groups excluding carboxylic acids is 3. The third-order valence-electron chi connectivity index (χ3n) is 2.67. The molecule has 112 valence electrons. The number of ketones is 2. The molecule has 0 amide bonds. The third kappa shape index (κ3) is 5.22. The molecule has 0 aromatic heterocycles. The summed E-state index contributed by atoms with van der Waals surface area (Å²) in [4.78, 5) is 37.4. The van der Waals surface area contributed by atoms with E-state index < -0.39 is 23.6 Å². The second-order valence-electron chi connectivity index (χ2n) is 4.65. The fourth-order valence-corrected chi connectivity index (χ4v) is 1.53. The van der Waals surface area contributed by atoms with E-state index in [2.05, 4.69) is 0 Å². The monoisotopic (exact) mass is 289 g/mol. The molecule has 0 aliphatic carbocycles. The van der Waals surface area contributed by atoms with Crippen LogP contribution in [0.1, 0.15) is 23.7 Å². The van der Waals surface area contributed by atoms with Crippen molar-refractivity contribution in [3.8, 4) is 0 Å². The van der Waals surface area contributed by atoms with Gasteiger partial charge in [0.05, 0.1) is 5.56 Å². The molecule has 5 nitrogen and oxygen atoms in total. The van der Waals surface area contributed by atoms with Crippen molar-refractivity contribution in [3.63, 3.8) is 0 Å². The fraction of sp³-hybridized carbons (Fsp3) is 0.312. The van der Waals surface area contributed by atoms with Gasteiger partial charge in [0.1, 0.15) is 0 Å². The molecule has 1 rings (SSSR count). The van der Waals surface area contributed by atoms with Crippen LogP contribution >= 0.6 is 0 Å². The van der Waals surface area contributed by atoms with Crippen molar-refractivity contribution in [2.75, 3.05) is 14.1 Å². The first-order valence-electron chi connectivity index (χ1n) is 6.63. The van der Waals surface area contributed by atoms with Gasteiger partial charge in [0, 0.05) is 32.8 Å². The zero-order valence-corrected chi connectivity index (χ0v) is 12.4. The minimum Gasteiger partial charge on any atom is -0.442 e. The van der Waals surface area contributed by atoms with Crippen LogP contribution in [0.25, 0.3) is 0 Å². The van der Waals surface area contributed by atoms with Crippen LogP contribution in [0.15, 0.2) is 42.6 Å². The molecule has 0 N–H and O–H groups in total. The molecule has 0 spiro atoms. The van der Waals surface area contributed by atoms with Gasteiger partial charge in [-0.3, -0.25) is 9.59 Å². The van der Waals surface area contributed by atoms with Crippen molar-refractivity contribution >= 4 is 17.5 Å². The Morgan fingerprint density at radius 2 is 1.81 bits per heavy atom. The quantitative estimate of drug-likeness (QED) is 0.435. The molecule has 1 atom stereocenters. The predicted molar refractivity (Wildman–Crippen MR) is 78.8 cm³/mol. The summed E-state index contributed by atoms with van der Waals surface area (Å²) in [6.07, 6.45) is 1.47. The van der Waals surface area contributed by atoms with E-state index in [0.29, 0.717) is 5.56 Å². The van der Waals surface area contributed by atoms with Crippen LogP contribution in [0.5, 0.6) is 0 Å². The molecule has 0 radical (unpaired) electrons. The molecule has 1 unspecified atom stereocenters. The Labute approximate surface area is 124 Å². The van der Waals surface area contributed by atoms with E-state index in [0.717, 1.165) is 0 Å². The lowest BCUT2D eigenvalue weighted by Crippen LogP contribution is -2.34. The van der Waals surface area contributed by atoms with E-state index in [9.17, 15) is 14.4 Å². The number of hydrogen-bond donors (Lipinski definition) is 0. The number of hydrogen-bond acceptors (Lipinski definition) is 5. The van der Waals surface area contributed by atoms with Gasteiger partial charge >= 0.3 is 5.97 Å². The van der Waals surface area contributed by atoms with Gasteiger partial charge < -0.3 is 9.64 Å². The minimum atomic E-state index is -1.39. The standard InChI is InChI=1S/C16H19NO4/c1-4-13(18)15(14(19)10-11-17(2)3)21-16(20)12-8-6-5-7-9-12/h5-11,15H,4H2,1-3H3.